The summed E-state index contributed by atoms with van der Waals surface area (Å²) in [4.78, 5) is 49.8. The van der Waals surface area contributed by atoms with Crippen LogP contribution in [-0.4, -0.2) is 38.1 Å². The quantitative estimate of drug-likeness (QED) is 0.299. The van der Waals surface area contributed by atoms with E-state index in [1.165, 1.54) is 12.1 Å². The number of carbonyl (C=O) groups is 3. The van der Waals surface area contributed by atoms with Crippen molar-refractivity contribution >= 4 is 34.5 Å². The van der Waals surface area contributed by atoms with Crippen molar-refractivity contribution in [2.75, 3.05) is 0 Å². The lowest BCUT2D eigenvalue weighted by Crippen LogP contribution is -2.31. The monoisotopic (exact) mass is 391 g/mol. The first-order valence-corrected chi connectivity index (χ1v) is 8.60. The Hall–Kier alpha value is -3.41. The molecule has 2 heterocycles. The molecule has 28 heavy (non-hydrogen) atoms. The molecule has 1 aliphatic rings. The molecule has 3 rings (SSSR count). The summed E-state index contributed by atoms with van der Waals surface area (Å²) in [6.07, 6.45) is 1.54. The Morgan fingerprint density at radius 2 is 1.93 bits per heavy atom. The first kappa shape index (κ1) is 19.4. The first-order chi connectivity index (χ1) is 13.4. The van der Waals surface area contributed by atoms with Crippen LogP contribution in [0.5, 0.6) is 0 Å². The minimum absolute atomic E-state index is 0.0188. The third kappa shape index (κ3) is 3.96. The zero-order chi connectivity index (χ0) is 20.3. The molecule has 148 valence electrons. The Morgan fingerprint density at radius 1 is 1.25 bits per heavy atom. The number of nitro groups is 1. The highest BCUT2D eigenvalue weighted by Crippen LogP contribution is 2.30. The SMILES string of the molecule is NC(CCCCC(=O)ON1C(=O)CCC1=O)c1ccc([N+](=O)[O-])c2nonc12. The van der Waals surface area contributed by atoms with Gasteiger partial charge in [-0.2, -0.15) is 0 Å². The number of unbranched alkanes of at least 4 members (excludes halogenated alkanes) is 1. The van der Waals surface area contributed by atoms with Crippen LogP contribution >= 0.6 is 0 Å². The Kier molecular flexibility index (Phi) is 5.59. The standard InChI is InChI=1S/C16H17N5O7/c17-10(9-5-6-11(21(25)26)16-15(9)18-28-19-16)3-1-2-4-14(24)27-20-12(22)7-8-13(20)23/h5-6,10H,1-4,7-8,17H2. The molecule has 12 heteroatoms. The van der Waals surface area contributed by atoms with Crippen LogP contribution in [0.2, 0.25) is 0 Å². The Bertz CT molecular complexity index is 925. The van der Waals surface area contributed by atoms with Gasteiger partial charge < -0.3 is 10.6 Å². The van der Waals surface area contributed by atoms with Crippen LogP contribution in [-0.2, 0) is 19.2 Å². The first-order valence-electron chi connectivity index (χ1n) is 8.60. The minimum atomic E-state index is -0.671. The Balaban J connectivity index is 1.51. The summed E-state index contributed by atoms with van der Waals surface area (Å²) < 4.78 is 4.60. The van der Waals surface area contributed by atoms with E-state index in [0.29, 0.717) is 29.9 Å². The summed E-state index contributed by atoms with van der Waals surface area (Å²) >= 11 is 0. The highest BCUT2D eigenvalue weighted by atomic mass is 16.7. The predicted octanol–water partition coefficient (Wildman–Crippen LogP) is 1.30. The van der Waals surface area contributed by atoms with E-state index < -0.39 is 28.7 Å². The summed E-state index contributed by atoms with van der Waals surface area (Å²) in [5.41, 5.74) is 6.73. The molecule has 1 unspecified atom stereocenters. The average Bonchev–Trinajstić information content (AvgIpc) is 3.26. The van der Waals surface area contributed by atoms with Crippen LogP contribution in [0, 0.1) is 10.1 Å². The summed E-state index contributed by atoms with van der Waals surface area (Å²) in [5.74, 6) is -1.72. The lowest BCUT2D eigenvalue weighted by Gasteiger charge is -2.13. The van der Waals surface area contributed by atoms with Gasteiger partial charge in [0.15, 0.2) is 0 Å². The molecular weight excluding hydrogens is 374 g/mol. The van der Waals surface area contributed by atoms with Crippen LogP contribution in [0.3, 0.4) is 0 Å². The topological polar surface area (TPSA) is 172 Å². The van der Waals surface area contributed by atoms with E-state index in [9.17, 15) is 24.5 Å². The van der Waals surface area contributed by atoms with Gasteiger partial charge in [-0.3, -0.25) is 19.7 Å². The molecule has 1 aliphatic heterocycles. The molecule has 1 aromatic carbocycles. The molecule has 0 spiro atoms. The molecule has 0 bridgehead atoms. The molecule has 2 N–H and O–H groups in total. The molecule has 12 nitrogen and oxygen atoms in total. The number of rotatable bonds is 8. The molecule has 0 saturated carbocycles. The number of hydrogen-bond acceptors (Lipinski definition) is 10. The Morgan fingerprint density at radius 3 is 2.61 bits per heavy atom. The molecule has 1 aromatic heterocycles. The zero-order valence-electron chi connectivity index (χ0n) is 14.7. The van der Waals surface area contributed by atoms with Gasteiger partial charge >= 0.3 is 11.7 Å². The van der Waals surface area contributed by atoms with Crippen molar-refractivity contribution in [3.63, 3.8) is 0 Å². The van der Waals surface area contributed by atoms with E-state index in [1.54, 1.807) is 0 Å². The van der Waals surface area contributed by atoms with Crippen LogP contribution in [0.4, 0.5) is 5.69 Å². The number of benzene rings is 1. The van der Waals surface area contributed by atoms with Crippen molar-refractivity contribution in [2.24, 2.45) is 5.73 Å². The number of non-ortho nitro benzene ring substituents is 1. The van der Waals surface area contributed by atoms with Crippen LogP contribution in [0.15, 0.2) is 16.8 Å². The van der Waals surface area contributed by atoms with Crippen molar-refractivity contribution in [1.82, 2.24) is 15.4 Å². The number of amides is 2. The maximum absolute atomic E-state index is 11.8. The van der Waals surface area contributed by atoms with Crippen molar-refractivity contribution < 1.29 is 28.8 Å². The van der Waals surface area contributed by atoms with Crippen LogP contribution in [0.25, 0.3) is 11.0 Å². The maximum Gasteiger partial charge on any atom is 0.333 e. The van der Waals surface area contributed by atoms with Crippen molar-refractivity contribution in [1.29, 1.82) is 0 Å². The minimum Gasteiger partial charge on any atom is -0.330 e. The highest BCUT2D eigenvalue weighted by molar-refractivity contribution is 6.01. The predicted molar refractivity (Wildman–Crippen MR) is 91.0 cm³/mol. The molecule has 1 atom stereocenters. The number of nitrogens with zero attached hydrogens (tertiary/aromatic N) is 4. The fourth-order valence-electron chi connectivity index (χ4n) is 2.91. The smallest absolute Gasteiger partial charge is 0.330 e. The van der Waals surface area contributed by atoms with Crippen molar-refractivity contribution in [2.45, 2.75) is 44.6 Å². The van der Waals surface area contributed by atoms with E-state index in [4.69, 9.17) is 10.6 Å². The van der Waals surface area contributed by atoms with Crippen molar-refractivity contribution in [3.05, 3.63) is 27.8 Å². The van der Waals surface area contributed by atoms with Gasteiger partial charge in [-0.15, -0.1) is 5.06 Å². The molecule has 2 amide bonds. The number of hydroxylamine groups is 2. The fourth-order valence-corrected chi connectivity index (χ4v) is 2.91. The third-order valence-corrected chi connectivity index (χ3v) is 4.37. The molecular formula is C16H17N5O7. The second-order valence-electron chi connectivity index (χ2n) is 6.29. The normalized spacial score (nSPS) is 15.2. The van der Waals surface area contributed by atoms with E-state index in [-0.39, 0.29) is 36.0 Å². The Labute approximate surface area is 157 Å². The fraction of sp³-hybridized carbons (Fsp3) is 0.438. The van der Waals surface area contributed by atoms with Gasteiger partial charge in [0, 0.05) is 36.9 Å². The highest BCUT2D eigenvalue weighted by Gasteiger charge is 2.32. The van der Waals surface area contributed by atoms with Crippen LogP contribution < -0.4 is 5.73 Å². The molecule has 2 aromatic rings. The van der Waals surface area contributed by atoms with Gasteiger partial charge in [0.05, 0.1) is 4.92 Å². The van der Waals surface area contributed by atoms with Gasteiger partial charge in [0.1, 0.15) is 5.52 Å². The van der Waals surface area contributed by atoms with Gasteiger partial charge in [-0.25, -0.2) is 9.42 Å². The van der Waals surface area contributed by atoms with Gasteiger partial charge in [-0.05, 0) is 29.2 Å². The summed E-state index contributed by atoms with van der Waals surface area (Å²) in [7, 11) is 0. The number of nitrogens with two attached hydrogens (primary N) is 1. The second-order valence-corrected chi connectivity index (χ2v) is 6.29. The van der Waals surface area contributed by atoms with E-state index in [1.807, 2.05) is 0 Å². The lowest BCUT2D eigenvalue weighted by atomic mass is 9.99. The average molecular weight is 391 g/mol. The van der Waals surface area contributed by atoms with E-state index in [0.717, 1.165) is 0 Å². The van der Waals surface area contributed by atoms with Gasteiger partial charge in [-0.1, -0.05) is 6.42 Å². The summed E-state index contributed by atoms with van der Waals surface area (Å²) in [6, 6.07) is 2.31. The molecule has 1 fully saturated rings. The molecule has 1 saturated heterocycles. The number of nitro benzene ring substituents is 1. The zero-order valence-corrected chi connectivity index (χ0v) is 14.7. The van der Waals surface area contributed by atoms with Gasteiger partial charge in [0.25, 0.3) is 11.8 Å². The van der Waals surface area contributed by atoms with Crippen LogP contribution in [0.1, 0.15) is 50.1 Å². The summed E-state index contributed by atoms with van der Waals surface area (Å²) in [5, 5.41) is 18.8. The molecule has 0 radical (unpaired) electrons. The largest absolute Gasteiger partial charge is 0.333 e. The number of hydrogen-bond donors (Lipinski definition) is 1. The number of carbonyl (C=O) groups excluding carboxylic acids is 3. The van der Waals surface area contributed by atoms with E-state index >= 15 is 0 Å². The summed E-state index contributed by atoms with van der Waals surface area (Å²) in [6.45, 7) is 0. The molecule has 0 aliphatic carbocycles. The number of imide groups is 1. The maximum atomic E-state index is 11.8. The van der Waals surface area contributed by atoms with Crippen molar-refractivity contribution in [3.8, 4) is 0 Å². The lowest BCUT2D eigenvalue weighted by molar-refractivity contribution is -0.383. The third-order valence-electron chi connectivity index (χ3n) is 4.37. The van der Waals surface area contributed by atoms with Gasteiger partial charge in [0.2, 0.25) is 5.52 Å². The number of fused-ring (bicyclic) bond motifs is 1. The van der Waals surface area contributed by atoms with E-state index in [2.05, 4.69) is 14.9 Å². The number of aromatic nitrogens is 2. The second kappa shape index (κ2) is 8.08.